The molecule has 8 nitrogen and oxygen atoms in total. The van der Waals surface area contributed by atoms with Crippen molar-refractivity contribution in [3.05, 3.63) is 65.2 Å². The first-order chi connectivity index (χ1) is 15.2. The number of amides is 1. The van der Waals surface area contributed by atoms with E-state index in [0.29, 0.717) is 29.4 Å². The quantitative estimate of drug-likeness (QED) is 0.591. The van der Waals surface area contributed by atoms with Gasteiger partial charge in [0.05, 0.1) is 24.8 Å². The Labute approximate surface area is 184 Å². The lowest BCUT2D eigenvalue weighted by atomic mass is 10.0. The monoisotopic (exact) mass is 436 g/mol. The van der Waals surface area contributed by atoms with Gasteiger partial charge in [0.25, 0.3) is 11.8 Å². The fourth-order valence-electron chi connectivity index (χ4n) is 3.41. The van der Waals surface area contributed by atoms with Crippen LogP contribution in [0.25, 0.3) is 11.5 Å². The molecule has 9 heteroatoms. The van der Waals surface area contributed by atoms with Crippen LogP contribution in [0.3, 0.4) is 0 Å². The van der Waals surface area contributed by atoms with Gasteiger partial charge in [-0.25, -0.2) is 5.01 Å². The molecule has 1 amide bonds. The number of aromatic nitrogens is 2. The predicted octanol–water partition coefficient (Wildman–Crippen LogP) is 2.85. The molecule has 0 radical (unpaired) electrons. The van der Waals surface area contributed by atoms with Gasteiger partial charge in [0.1, 0.15) is 0 Å². The van der Waals surface area contributed by atoms with Crippen molar-refractivity contribution in [3.63, 3.8) is 0 Å². The SMILES string of the molecule is O=C(CNC1CN(c2noc(-c3ccccc3)n2)N=C1c1ccc(Cl)cc1)NC1CC1. The Kier molecular flexibility index (Phi) is 5.40. The second kappa shape index (κ2) is 8.49. The van der Waals surface area contributed by atoms with E-state index in [9.17, 15) is 4.79 Å². The molecule has 1 unspecified atom stereocenters. The lowest BCUT2D eigenvalue weighted by molar-refractivity contribution is -0.120. The van der Waals surface area contributed by atoms with Crippen molar-refractivity contribution in [2.75, 3.05) is 18.1 Å². The van der Waals surface area contributed by atoms with E-state index in [1.54, 1.807) is 5.01 Å². The van der Waals surface area contributed by atoms with Gasteiger partial charge in [-0.1, -0.05) is 41.9 Å². The Morgan fingerprint density at radius 1 is 1.10 bits per heavy atom. The number of hydrogen-bond acceptors (Lipinski definition) is 7. The predicted molar refractivity (Wildman–Crippen MR) is 118 cm³/mol. The minimum absolute atomic E-state index is 0.0117. The van der Waals surface area contributed by atoms with Crippen LogP contribution >= 0.6 is 11.6 Å². The molecule has 1 aliphatic heterocycles. The Bertz CT molecular complexity index is 1090. The molecule has 1 aromatic heterocycles. The Morgan fingerprint density at radius 2 is 1.87 bits per heavy atom. The molecule has 158 valence electrons. The molecule has 3 aromatic rings. The van der Waals surface area contributed by atoms with Gasteiger partial charge >= 0.3 is 0 Å². The van der Waals surface area contributed by atoms with Gasteiger partial charge < -0.3 is 9.84 Å². The number of rotatable bonds is 7. The van der Waals surface area contributed by atoms with E-state index in [4.69, 9.17) is 21.2 Å². The second-order valence-corrected chi connectivity index (χ2v) is 8.05. The van der Waals surface area contributed by atoms with E-state index in [2.05, 4.69) is 20.8 Å². The topological polar surface area (TPSA) is 95.7 Å². The number of hydrogen-bond donors (Lipinski definition) is 2. The maximum Gasteiger partial charge on any atom is 0.286 e. The number of halogens is 1. The van der Waals surface area contributed by atoms with E-state index >= 15 is 0 Å². The lowest BCUT2D eigenvalue weighted by Crippen LogP contribution is -2.45. The van der Waals surface area contributed by atoms with E-state index < -0.39 is 0 Å². The normalized spacial score (nSPS) is 18.2. The summed E-state index contributed by atoms with van der Waals surface area (Å²) in [5.41, 5.74) is 2.55. The first-order valence-electron chi connectivity index (χ1n) is 10.2. The summed E-state index contributed by atoms with van der Waals surface area (Å²) in [5, 5.41) is 17.5. The van der Waals surface area contributed by atoms with Crippen LogP contribution in [0.2, 0.25) is 5.02 Å². The summed E-state index contributed by atoms with van der Waals surface area (Å²) in [5.74, 6) is 0.790. The number of benzene rings is 2. The largest absolute Gasteiger partial charge is 0.352 e. The molecule has 1 aliphatic carbocycles. The molecule has 5 rings (SSSR count). The van der Waals surface area contributed by atoms with Gasteiger partial charge in [0, 0.05) is 16.6 Å². The van der Waals surface area contributed by atoms with Crippen LogP contribution in [0.1, 0.15) is 18.4 Å². The first kappa shape index (κ1) is 19.7. The van der Waals surface area contributed by atoms with Crippen molar-refractivity contribution in [1.29, 1.82) is 0 Å². The summed E-state index contributed by atoms with van der Waals surface area (Å²) in [4.78, 5) is 16.7. The molecule has 2 N–H and O–H groups in total. The first-order valence-corrected chi connectivity index (χ1v) is 10.6. The van der Waals surface area contributed by atoms with E-state index in [0.717, 1.165) is 29.7 Å². The van der Waals surface area contributed by atoms with Crippen LogP contribution in [0.15, 0.2) is 64.2 Å². The summed E-state index contributed by atoms with van der Waals surface area (Å²) in [7, 11) is 0. The van der Waals surface area contributed by atoms with Crippen molar-refractivity contribution < 1.29 is 9.32 Å². The zero-order valence-electron chi connectivity index (χ0n) is 16.7. The highest BCUT2D eigenvalue weighted by molar-refractivity contribution is 6.30. The zero-order chi connectivity index (χ0) is 21.2. The van der Waals surface area contributed by atoms with Crippen LogP contribution < -0.4 is 15.6 Å². The van der Waals surface area contributed by atoms with Gasteiger partial charge in [0.15, 0.2) is 0 Å². The van der Waals surface area contributed by atoms with Crippen molar-refractivity contribution in [3.8, 4) is 11.5 Å². The highest BCUT2D eigenvalue weighted by Gasteiger charge is 2.31. The average Bonchev–Trinajstić information content (AvgIpc) is 3.29. The summed E-state index contributed by atoms with van der Waals surface area (Å²) < 4.78 is 5.43. The number of carbonyl (C=O) groups excluding carboxylic acids is 1. The van der Waals surface area contributed by atoms with Gasteiger partial charge in [0.2, 0.25) is 5.91 Å². The minimum atomic E-state index is -0.176. The zero-order valence-corrected chi connectivity index (χ0v) is 17.4. The number of hydrazone groups is 1. The Hall–Kier alpha value is -3.23. The van der Waals surface area contributed by atoms with Crippen molar-refractivity contribution in [2.24, 2.45) is 5.10 Å². The molecule has 0 saturated heterocycles. The number of anilines is 1. The van der Waals surface area contributed by atoms with Crippen molar-refractivity contribution in [1.82, 2.24) is 20.8 Å². The molecule has 31 heavy (non-hydrogen) atoms. The van der Waals surface area contributed by atoms with Gasteiger partial charge in [-0.15, -0.1) is 0 Å². The fourth-order valence-corrected chi connectivity index (χ4v) is 3.53. The lowest BCUT2D eigenvalue weighted by Gasteiger charge is -2.15. The fraction of sp³-hybridized carbons (Fsp3) is 0.273. The second-order valence-electron chi connectivity index (χ2n) is 7.62. The van der Waals surface area contributed by atoms with Crippen LogP contribution in [-0.2, 0) is 4.79 Å². The third-order valence-corrected chi connectivity index (χ3v) is 5.42. The molecule has 1 saturated carbocycles. The molecule has 0 spiro atoms. The van der Waals surface area contributed by atoms with E-state index in [1.165, 1.54) is 0 Å². The molecule has 1 fully saturated rings. The van der Waals surface area contributed by atoms with Gasteiger partial charge in [-0.05, 0) is 47.8 Å². The number of carbonyl (C=O) groups is 1. The molecule has 2 aliphatic rings. The van der Waals surface area contributed by atoms with Crippen LogP contribution in [0, 0.1) is 0 Å². The summed E-state index contributed by atoms with van der Waals surface area (Å²) in [6.45, 7) is 0.686. The van der Waals surface area contributed by atoms with Crippen molar-refractivity contribution >= 4 is 29.2 Å². The highest BCUT2D eigenvalue weighted by atomic mass is 35.5. The van der Waals surface area contributed by atoms with E-state index in [-0.39, 0.29) is 18.5 Å². The third kappa shape index (κ3) is 4.60. The summed E-state index contributed by atoms with van der Waals surface area (Å²) in [6, 6.07) is 17.2. The van der Waals surface area contributed by atoms with Crippen LogP contribution in [0.5, 0.6) is 0 Å². The maximum absolute atomic E-state index is 12.2. The van der Waals surface area contributed by atoms with Gasteiger partial charge in [-0.2, -0.15) is 10.1 Å². The van der Waals surface area contributed by atoms with Crippen molar-refractivity contribution in [2.45, 2.75) is 24.9 Å². The maximum atomic E-state index is 12.2. The molecule has 1 atom stereocenters. The Balaban J connectivity index is 1.36. The van der Waals surface area contributed by atoms with Crippen LogP contribution in [0.4, 0.5) is 5.95 Å². The molecule has 2 heterocycles. The van der Waals surface area contributed by atoms with E-state index in [1.807, 2.05) is 54.6 Å². The smallest absolute Gasteiger partial charge is 0.286 e. The van der Waals surface area contributed by atoms with Crippen LogP contribution in [-0.4, -0.2) is 46.9 Å². The third-order valence-electron chi connectivity index (χ3n) is 5.17. The standard InChI is InChI=1S/C22H21ClN6O2/c23-16-8-6-14(7-9-16)20-18(24-12-19(30)25-17-10-11-17)13-29(27-20)22-26-21(31-28-22)15-4-2-1-3-5-15/h1-9,17-18,24H,10-13H2,(H,25,30). The number of nitrogens with one attached hydrogen (secondary N) is 2. The molecular weight excluding hydrogens is 416 g/mol. The minimum Gasteiger partial charge on any atom is -0.352 e. The molecule has 0 bridgehead atoms. The molecule has 2 aromatic carbocycles. The Morgan fingerprint density at radius 3 is 2.61 bits per heavy atom. The summed E-state index contributed by atoms with van der Waals surface area (Å²) >= 11 is 6.05. The summed E-state index contributed by atoms with van der Waals surface area (Å²) in [6.07, 6.45) is 2.12. The van der Waals surface area contributed by atoms with Gasteiger partial charge in [-0.3, -0.25) is 10.1 Å². The average molecular weight is 437 g/mol. The molecular formula is C22H21ClN6O2. The highest BCUT2D eigenvalue weighted by Crippen LogP contribution is 2.24. The number of nitrogens with zero attached hydrogens (tertiary/aromatic N) is 4.